The summed E-state index contributed by atoms with van der Waals surface area (Å²) >= 11 is 0. The number of halogens is 1. The SMILES string of the molecule is Cn1cc(-c2cc3ncccc3c(-c3ccc(N4CC5CCC(C4)N5C(=O)Cc4ccc(F)cn4)nc3)n2)cn1. The number of pyridine rings is 4. The molecule has 2 aliphatic rings. The van der Waals surface area contributed by atoms with E-state index in [0.29, 0.717) is 5.69 Å². The third-order valence-corrected chi connectivity index (χ3v) is 7.84. The number of fused-ring (bicyclic) bond motifs is 3. The Hall–Kier alpha value is -4.73. The van der Waals surface area contributed by atoms with E-state index in [2.05, 4.69) is 26.0 Å². The third kappa shape index (κ3) is 4.45. The fraction of sp³-hybridized carbons (Fsp3) is 0.267. The van der Waals surface area contributed by atoms with Crippen molar-refractivity contribution in [2.75, 3.05) is 18.0 Å². The lowest BCUT2D eigenvalue weighted by atomic mass is 10.1. The van der Waals surface area contributed by atoms with Crippen LogP contribution >= 0.6 is 0 Å². The molecule has 0 saturated carbocycles. The van der Waals surface area contributed by atoms with Crippen LogP contribution in [-0.2, 0) is 18.3 Å². The first-order chi connectivity index (χ1) is 19.5. The second-order valence-corrected chi connectivity index (χ2v) is 10.5. The molecule has 2 bridgehead atoms. The van der Waals surface area contributed by atoms with E-state index < -0.39 is 5.82 Å². The standard InChI is InChI=1S/C30H27FN8O/c1-37-16-20(14-35-37)26-12-27-25(3-2-10-32-27)30(36-26)19-4-9-28(34-13-19)38-17-23-7-8-24(18-38)39(23)29(40)11-22-6-5-21(31)15-33-22/h2-6,9-10,12-16,23-24H,7-8,11,17-18H2,1H3. The van der Waals surface area contributed by atoms with Gasteiger partial charge < -0.3 is 9.80 Å². The highest BCUT2D eigenvalue weighted by molar-refractivity contribution is 5.94. The largest absolute Gasteiger partial charge is 0.352 e. The second-order valence-electron chi connectivity index (χ2n) is 10.5. The van der Waals surface area contributed by atoms with Crippen LogP contribution in [-0.4, -0.2) is 65.7 Å². The first kappa shape index (κ1) is 24.3. The normalized spacial score (nSPS) is 18.4. The fourth-order valence-electron chi connectivity index (χ4n) is 5.96. The molecule has 2 unspecified atom stereocenters. The lowest BCUT2D eigenvalue weighted by Crippen LogP contribution is -2.56. The molecule has 0 spiro atoms. The zero-order valence-electron chi connectivity index (χ0n) is 22.0. The molecule has 5 aromatic heterocycles. The lowest BCUT2D eigenvalue weighted by Gasteiger charge is -2.41. The number of anilines is 1. The van der Waals surface area contributed by atoms with Crippen molar-refractivity contribution >= 4 is 22.6 Å². The van der Waals surface area contributed by atoms with Crippen LogP contribution in [0.5, 0.6) is 0 Å². The van der Waals surface area contributed by atoms with Crippen molar-refractivity contribution in [1.82, 2.24) is 34.6 Å². The maximum Gasteiger partial charge on any atom is 0.229 e. The van der Waals surface area contributed by atoms with Gasteiger partial charge in [-0.25, -0.2) is 14.4 Å². The minimum Gasteiger partial charge on any atom is -0.352 e. The van der Waals surface area contributed by atoms with E-state index in [-0.39, 0.29) is 24.4 Å². The van der Waals surface area contributed by atoms with Gasteiger partial charge in [0.05, 0.1) is 35.7 Å². The lowest BCUT2D eigenvalue weighted by molar-refractivity contribution is -0.133. The summed E-state index contributed by atoms with van der Waals surface area (Å²) in [5.74, 6) is 0.540. The molecule has 7 heterocycles. The summed E-state index contributed by atoms with van der Waals surface area (Å²) in [4.78, 5) is 35.9. The number of carbonyl (C=O) groups excluding carboxylic acids is 1. The molecule has 10 heteroatoms. The average Bonchev–Trinajstić information content (AvgIpc) is 3.53. The predicted molar refractivity (Wildman–Crippen MR) is 149 cm³/mol. The molecule has 2 fully saturated rings. The molecule has 2 aliphatic heterocycles. The Kier molecular flexibility index (Phi) is 5.95. The van der Waals surface area contributed by atoms with Gasteiger partial charge >= 0.3 is 0 Å². The van der Waals surface area contributed by atoms with E-state index in [9.17, 15) is 9.18 Å². The molecule has 200 valence electrons. The van der Waals surface area contributed by atoms with Gasteiger partial charge in [-0.3, -0.25) is 19.4 Å². The Morgan fingerprint density at radius 3 is 2.52 bits per heavy atom. The van der Waals surface area contributed by atoms with Crippen LogP contribution in [0.25, 0.3) is 33.4 Å². The summed E-state index contributed by atoms with van der Waals surface area (Å²) in [6.45, 7) is 1.46. The van der Waals surface area contributed by atoms with Crippen molar-refractivity contribution in [3.63, 3.8) is 0 Å². The Bertz CT molecular complexity index is 1690. The average molecular weight is 535 g/mol. The predicted octanol–water partition coefficient (Wildman–Crippen LogP) is 4.05. The van der Waals surface area contributed by atoms with Gasteiger partial charge in [0.25, 0.3) is 0 Å². The molecule has 0 radical (unpaired) electrons. The van der Waals surface area contributed by atoms with Crippen molar-refractivity contribution in [3.8, 4) is 22.5 Å². The molecule has 0 aliphatic carbocycles. The van der Waals surface area contributed by atoms with E-state index in [0.717, 1.165) is 71.4 Å². The number of piperazine rings is 1. The smallest absolute Gasteiger partial charge is 0.229 e. The van der Waals surface area contributed by atoms with Gasteiger partial charge in [0.2, 0.25) is 5.91 Å². The number of rotatable bonds is 5. The molecule has 5 aromatic rings. The van der Waals surface area contributed by atoms with Crippen LogP contribution in [0, 0.1) is 5.82 Å². The minimum absolute atomic E-state index is 0.0506. The summed E-state index contributed by atoms with van der Waals surface area (Å²) < 4.78 is 15.0. The molecule has 1 amide bonds. The molecular weight excluding hydrogens is 507 g/mol. The van der Waals surface area contributed by atoms with E-state index in [1.54, 1.807) is 23.1 Å². The van der Waals surface area contributed by atoms with Gasteiger partial charge in [0.1, 0.15) is 11.6 Å². The number of amides is 1. The summed E-state index contributed by atoms with van der Waals surface area (Å²) in [6.07, 6.45) is 10.7. The van der Waals surface area contributed by atoms with Gasteiger partial charge in [0.15, 0.2) is 0 Å². The number of nitrogens with zero attached hydrogens (tertiary/aromatic N) is 8. The molecule has 2 atom stereocenters. The van der Waals surface area contributed by atoms with E-state index in [1.165, 1.54) is 6.07 Å². The maximum atomic E-state index is 13.2. The molecule has 0 N–H and O–H groups in total. The third-order valence-electron chi connectivity index (χ3n) is 7.84. The van der Waals surface area contributed by atoms with E-state index in [1.807, 2.05) is 48.6 Å². The molecule has 40 heavy (non-hydrogen) atoms. The number of aryl methyl sites for hydroxylation is 1. The van der Waals surface area contributed by atoms with Crippen molar-refractivity contribution < 1.29 is 9.18 Å². The Labute approximate surface area is 230 Å². The zero-order valence-corrected chi connectivity index (χ0v) is 22.0. The first-order valence-electron chi connectivity index (χ1n) is 13.4. The van der Waals surface area contributed by atoms with Gasteiger partial charge in [-0.05, 0) is 55.3 Å². The molecule has 0 aromatic carbocycles. The molecule has 2 saturated heterocycles. The maximum absolute atomic E-state index is 13.2. The summed E-state index contributed by atoms with van der Waals surface area (Å²) in [5.41, 5.74) is 4.94. The summed E-state index contributed by atoms with van der Waals surface area (Å²) in [5, 5.41) is 5.26. The zero-order chi connectivity index (χ0) is 27.2. The Morgan fingerprint density at radius 1 is 0.975 bits per heavy atom. The monoisotopic (exact) mass is 534 g/mol. The molecule has 7 rings (SSSR count). The van der Waals surface area contributed by atoms with Crippen molar-refractivity contribution in [2.45, 2.75) is 31.3 Å². The van der Waals surface area contributed by atoms with E-state index in [4.69, 9.17) is 9.97 Å². The number of aromatic nitrogens is 6. The van der Waals surface area contributed by atoms with Gasteiger partial charge in [-0.1, -0.05) is 0 Å². The molecule has 9 nitrogen and oxygen atoms in total. The highest BCUT2D eigenvalue weighted by Gasteiger charge is 2.42. The van der Waals surface area contributed by atoms with Crippen molar-refractivity contribution in [2.24, 2.45) is 7.05 Å². The van der Waals surface area contributed by atoms with Gasteiger partial charge in [-0.2, -0.15) is 5.10 Å². The Morgan fingerprint density at radius 2 is 1.82 bits per heavy atom. The summed E-state index contributed by atoms with van der Waals surface area (Å²) in [6, 6.07) is 13.2. The van der Waals surface area contributed by atoms with Crippen LogP contribution in [0.3, 0.4) is 0 Å². The topological polar surface area (TPSA) is 92.9 Å². The number of hydrogen-bond donors (Lipinski definition) is 0. The van der Waals surface area contributed by atoms with Crippen molar-refractivity contribution in [1.29, 1.82) is 0 Å². The number of carbonyl (C=O) groups is 1. The van der Waals surface area contributed by atoms with Gasteiger partial charge in [0, 0.05) is 73.0 Å². The molecular formula is C30H27FN8O. The first-order valence-corrected chi connectivity index (χ1v) is 13.4. The Balaban J connectivity index is 1.12. The van der Waals surface area contributed by atoms with Crippen LogP contribution in [0.2, 0.25) is 0 Å². The summed E-state index contributed by atoms with van der Waals surface area (Å²) in [7, 11) is 1.89. The number of hydrogen-bond acceptors (Lipinski definition) is 7. The highest BCUT2D eigenvalue weighted by Crippen LogP contribution is 2.34. The van der Waals surface area contributed by atoms with E-state index >= 15 is 0 Å². The quantitative estimate of drug-likeness (QED) is 0.336. The van der Waals surface area contributed by atoms with Gasteiger partial charge in [-0.15, -0.1) is 0 Å². The van der Waals surface area contributed by atoms with Crippen LogP contribution < -0.4 is 4.90 Å². The minimum atomic E-state index is -0.398. The van der Waals surface area contributed by atoms with Crippen LogP contribution in [0.4, 0.5) is 10.2 Å². The highest BCUT2D eigenvalue weighted by atomic mass is 19.1. The van der Waals surface area contributed by atoms with Crippen LogP contribution in [0.15, 0.2) is 73.4 Å². The van der Waals surface area contributed by atoms with Crippen molar-refractivity contribution in [3.05, 3.63) is 85.0 Å². The van der Waals surface area contributed by atoms with Crippen LogP contribution in [0.1, 0.15) is 18.5 Å². The second kappa shape index (κ2) is 9.78. The fourth-order valence-corrected chi connectivity index (χ4v) is 5.96.